The minimum atomic E-state index is -0.872. The molecule has 2 aromatic rings. The first-order chi connectivity index (χ1) is 12.4. The first kappa shape index (κ1) is 19.4. The Morgan fingerprint density at radius 1 is 1.12 bits per heavy atom. The van der Waals surface area contributed by atoms with Crippen LogP contribution in [0.25, 0.3) is 0 Å². The molecule has 0 saturated carbocycles. The van der Waals surface area contributed by atoms with Crippen molar-refractivity contribution in [1.82, 2.24) is 5.32 Å². The fourth-order valence-electron chi connectivity index (χ4n) is 2.35. The van der Waals surface area contributed by atoms with Gasteiger partial charge < -0.3 is 14.5 Å². The number of furan rings is 1. The second-order valence-corrected chi connectivity index (χ2v) is 6.25. The zero-order valence-corrected chi connectivity index (χ0v) is 15.2. The van der Waals surface area contributed by atoms with Crippen molar-refractivity contribution in [2.24, 2.45) is 5.92 Å². The van der Waals surface area contributed by atoms with Crippen LogP contribution in [-0.2, 0) is 16.0 Å². The number of hydrogen-bond donors (Lipinski definition) is 1. The average Bonchev–Trinajstić information content (AvgIpc) is 3.18. The number of nitrogens with one attached hydrogen (secondary N) is 1. The van der Waals surface area contributed by atoms with E-state index in [2.05, 4.69) is 5.32 Å². The summed E-state index contributed by atoms with van der Waals surface area (Å²) >= 11 is 0. The standard InChI is InChI=1S/C20H23NO5/c1-4-14-7-9-15(10-8-14)16(22)12-26-20(24)18(13(2)3)21-19(23)17-6-5-11-25-17/h5-11,13,18H,4,12H2,1-3H3,(H,21,23)/t18-/m0/s1. The molecule has 0 spiro atoms. The van der Waals surface area contributed by atoms with Gasteiger partial charge in [0.2, 0.25) is 0 Å². The number of Topliss-reactive ketones (excluding diaryl/α,β-unsaturated/α-hetero) is 1. The lowest BCUT2D eigenvalue weighted by Gasteiger charge is -2.20. The van der Waals surface area contributed by atoms with Crippen molar-refractivity contribution in [3.8, 4) is 0 Å². The number of aryl methyl sites for hydroxylation is 1. The molecule has 1 aromatic heterocycles. The predicted octanol–water partition coefficient (Wildman–Crippen LogP) is 3.02. The molecule has 1 N–H and O–H groups in total. The number of amides is 1. The van der Waals surface area contributed by atoms with Crippen LogP contribution in [0.5, 0.6) is 0 Å². The molecule has 1 atom stereocenters. The molecule has 0 unspecified atom stereocenters. The van der Waals surface area contributed by atoms with Gasteiger partial charge in [0.1, 0.15) is 6.04 Å². The number of carbonyl (C=O) groups excluding carboxylic acids is 3. The molecule has 26 heavy (non-hydrogen) atoms. The lowest BCUT2D eigenvalue weighted by atomic mass is 10.0. The van der Waals surface area contributed by atoms with Crippen LogP contribution >= 0.6 is 0 Å². The van der Waals surface area contributed by atoms with E-state index in [1.165, 1.54) is 12.3 Å². The van der Waals surface area contributed by atoms with E-state index in [9.17, 15) is 14.4 Å². The summed E-state index contributed by atoms with van der Waals surface area (Å²) in [7, 11) is 0. The molecule has 0 aliphatic carbocycles. The fraction of sp³-hybridized carbons (Fsp3) is 0.350. The Hall–Kier alpha value is -2.89. The van der Waals surface area contributed by atoms with Crippen LogP contribution < -0.4 is 5.32 Å². The lowest BCUT2D eigenvalue weighted by molar-refractivity contribution is -0.145. The Morgan fingerprint density at radius 3 is 2.35 bits per heavy atom. The van der Waals surface area contributed by atoms with E-state index in [1.54, 1.807) is 32.0 Å². The third-order valence-electron chi connectivity index (χ3n) is 3.98. The Labute approximate surface area is 152 Å². The van der Waals surface area contributed by atoms with Crippen molar-refractivity contribution in [1.29, 1.82) is 0 Å². The zero-order valence-electron chi connectivity index (χ0n) is 15.2. The minimum Gasteiger partial charge on any atom is -0.459 e. The maximum atomic E-state index is 12.3. The normalized spacial score (nSPS) is 11.8. The maximum absolute atomic E-state index is 12.3. The Bertz CT molecular complexity index is 747. The van der Waals surface area contributed by atoms with Crippen molar-refractivity contribution in [3.63, 3.8) is 0 Å². The fourth-order valence-corrected chi connectivity index (χ4v) is 2.35. The molecule has 0 bridgehead atoms. The first-order valence-corrected chi connectivity index (χ1v) is 8.55. The summed E-state index contributed by atoms with van der Waals surface area (Å²) in [6.45, 7) is 5.21. The summed E-state index contributed by atoms with van der Waals surface area (Å²) in [6, 6.07) is 9.39. The third kappa shape index (κ3) is 5.05. The second kappa shape index (κ2) is 8.99. The van der Waals surface area contributed by atoms with Crippen LogP contribution in [0, 0.1) is 5.92 Å². The minimum absolute atomic E-state index is 0.107. The number of ketones is 1. The van der Waals surface area contributed by atoms with Gasteiger partial charge in [-0.05, 0) is 30.0 Å². The number of esters is 1. The molecule has 2 rings (SSSR count). The predicted molar refractivity (Wildman–Crippen MR) is 95.9 cm³/mol. The first-order valence-electron chi connectivity index (χ1n) is 8.55. The Morgan fingerprint density at radius 2 is 1.81 bits per heavy atom. The van der Waals surface area contributed by atoms with E-state index in [0.717, 1.165) is 12.0 Å². The van der Waals surface area contributed by atoms with E-state index >= 15 is 0 Å². The smallest absolute Gasteiger partial charge is 0.329 e. The van der Waals surface area contributed by atoms with Gasteiger partial charge in [0.15, 0.2) is 18.2 Å². The van der Waals surface area contributed by atoms with Crippen molar-refractivity contribution in [3.05, 3.63) is 59.5 Å². The van der Waals surface area contributed by atoms with Crippen LogP contribution in [0.1, 0.15) is 47.2 Å². The van der Waals surface area contributed by atoms with Gasteiger partial charge in [0, 0.05) is 5.56 Å². The zero-order chi connectivity index (χ0) is 19.1. The summed E-state index contributed by atoms with van der Waals surface area (Å²) in [4.78, 5) is 36.5. The van der Waals surface area contributed by atoms with Gasteiger partial charge in [0.05, 0.1) is 6.26 Å². The van der Waals surface area contributed by atoms with Gasteiger partial charge in [-0.1, -0.05) is 45.0 Å². The molecule has 0 aliphatic rings. The molecule has 0 fully saturated rings. The van der Waals surface area contributed by atoms with E-state index in [1.807, 2.05) is 19.1 Å². The molecular formula is C20H23NO5. The molecule has 1 heterocycles. The number of carbonyl (C=O) groups is 3. The molecule has 1 aromatic carbocycles. The molecule has 1 amide bonds. The lowest BCUT2D eigenvalue weighted by Crippen LogP contribution is -2.45. The van der Waals surface area contributed by atoms with Gasteiger partial charge >= 0.3 is 5.97 Å². The second-order valence-electron chi connectivity index (χ2n) is 6.25. The molecule has 0 aliphatic heterocycles. The van der Waals surface area contributed by atoms with Crippen molar-refractivity contribution in [2.75, 3.05) is 6.61 Å². The highest BCUT2D eigenvalue weighted by atomic mass is 16.5. The molecule has 0 radical (unpaired) electrons. The average molecular weight is 357 g/mol. The molecular weight excluding hydrogens is 334 g/mol. The van der Waals surface area contributed by atoms with Crippen LogP contribution in [0.2, 0.25) is 0 Å². The summed E-state index contributed by atoms with van der Waals surface area (Å²) in [5, 5.41) is 2.58. The third-order valence-corrected chi connectivity index (χ3v) is 3.98. The summed E-state index contributed by atoms with van der Waals surface area (Å²) < 4.78 is 10.1. The van der Waals surface area contributed by atoms with Gasteiger partial charge in [-0.25, -0.2) is 4.79 Å². The van der Waals surface area contributed by atoms with E-state index in [-0.39, 0.29) is 24.1 Å². The van der Waals surface area contributed by atoms with Gasteiger partial charge in [-0.3, -0.25) is 9.59 Å². The van der Waals surface area contributed by atoms with Crippen molar-refractivity contribution < 1.29 is 23.5 Å². The van der Waals surface area contributed by atoms with Crippen LogP contribution in [0.4, 0.5) is 0 Å². The van der Waals surface area contributed by atoms with Crippen molar-refractivity contribution in [2.45, 2.75) is 33.2 Å². The monoisotopic (exact) mass is 357 g/mol. The quantitative estimate of drug-likeness (QED) is 0.580. The maximum Gasteiger partial charge on any atom is 0.329 e. The molecule has 6 nitrogen and oxygen atoms in total. The molecule has 138 valence electrons. The number of hydrogen-bond acceptors (Lipinski definition) is 5. The highest BCUT2D eigenvalue weighted by Crippen LogP contribution is 2.09. The SMILES string of the molecule is CCc1ccc(C(=O)COC(=O)[C@@H](NC(=O)c2ccco2)C(C)C)cc1. The molecule has 6 heteroatoms. The summed E-state index contributed by atoms with van der Waals surface area (Å²) in [5.74, 6) is -1.55. The number of benzene rings is 1. The molecule has 0 saturated heterocycles. The highest BCUT2D eigenvalue weighted by Gasteiger charge is 2.27. The van der Waals surface area contributed by atoms with Gasteiger partial charge in [0.25, 0.3) is 5.91 Å². The largest absolute Gasteiger partial charge is 0.459 e. The van der Waals surface area contributed by atoms with Crippen molar-refractivity contribution >= 4 is 17.7 Å². The van der Waals surface area contributed by atoms with Crippen LogP contribution in [0.3, 0.4) is 0 Å². The summed E-state index contributed by atoms with van der Waals surface area (Å²) in [5.41, 5.74) is 1.61. The van der Waals surface area contributed by atoms with Gasteiger partial charge in [-0.15, -0.1) is 0 Å². The van der Waals surface area contributed by atoms with Crippen LogP contribution in [0.15, 0.2) is 47.1 Å². The van der Waals surface area contributed by atoms with Gasteiger partial charge in [-0.2, -0.15) is 0 Å². The van der Waals surface area contributed by atoms with E-state index in [4.69, 9.17) is 9.15 Å². The van der Waals surface area contributed by atoms with E-state index in [0.29, 0.717) is 5.56 Å². The van der Waals surface area contributed by atoms with Crippen LogP contribution in [-0.4, -0.2) is 30.3 Å². The number of rotatable bonds is 8. The summed E-state index contributed by atoms with van der Waals surface area (Å²) in [6.07, 6.45) is 2.26. The highest BCUT2D eigenvalue weighted by molar-refractivity contribution is 5.99. The van der Waals surface area contributed by atoms with E-state index < -0.39 is 17.9 Å². The topological polar surface area (TPSA) is 85.6 Å². The Kier molecular flexibility index (Phi) is 6.72. The Balaban J connectivity index is 1.94. The number of ether oxygens (including phenoxy) is 1.